The number of aryl methyl sites for hydroxylation is 1. The molecule has 2 aromatic rings. The fourth-order valence-corrected chi connectivity index (χ4v) is 1.82. The Kier molecular flexibility index (Phi) is 4.41. The molecule has 1 nitrogen and oxygen atoms in total. The maximum absolute atomic E-state index is 13.4. The molecule has 0 saturated heterocycles. The second-order valence-corrected chi connectivity index (χ2v) is 4.42. The molecule has 0 aromatic heterocycles. The molecule has 0 aliphatic heterocycles. The summed E-state index contributed by atoms with van der Waals surface area (Å²) < 4.78 is 26.2. The van der Waals surface area contributed by atoms with Gasteiger partial charge in [-0.3, -0.25) is 4.79 Å². The zero-order valence-electron chi connectivity index (χ0n) is 11.1. The van der Waals surface area contributed by atoms with Crippen LogP contribution in [-0.2, 0) is 6.42 Å². The lowest BCUT2D eigenvalue weighted by Gasteiger charge is -1.99. The maximum atomic E-state index is 13.4. The lowest BCUT2D eigenvalue weighted by atomic mass is 10.1. The standard InChI is InChI=1S/C17H14F2O/c1-2-12-3-5-13(6-4-12)7-10-17(20)15-9-8-14(18)11-16(15)19/h3-11H,2H2,1H3/b10-7+. The third kappa shape index (κ3) is 3.38. The summed E-state index contributed by atoms with van der Waals surface area (Å²) in [6, 6.07) is 10.7. The van der Waals surface area contributed by atoms with Crippen molar-refractivity contribution in [2.75, 3.05) is 0 Å². The molecule has 2 aromatic carbocycles. The Morgan fingerprint density at radius 1 is 1.10 bits per heavy atom. The molecule has 0 saturated carbocycles. The molecule has 20 heavy (non-hydrogen) atoms. The van der Waals surface area contributed by atoms with Crippen molar-refractivity contribution in [3.8, 4) is 0 Å². The third-order valence-electron chi connectivity index (χ3n) is 3.01. The van der Waals surface area contributed by atoms with E-state index in [0.717, 1.165) is 24.1 Å². The Labute approximate surface area is 116 Å². The van der Waals surface area contributed by atoms with Crippen LogP contribution in [0.4, 0.5) is 8.78 Å². The highest BCUT2D eigenvalue weighted by atomic mass is 19.1. The molecule has 0 atom stereocenters. The van der Waals surface area contributed by atoms with Crippen LogP contribution in [0, 0.1) is 11.6 Å². The largest absolute Gasteiger partial charge is 0.289 e. The van der Waals surface area contributed by atoms with Crippen LogP contribution in [-0.4, -0.2) is 5.78 Å². The lowest BCUT2D eigenvalue weighted by Crippen LogP contribution is -1.99. The Hall–Kier alpha value is -2.29. The van der Waals surface area contributed by atoms with Gasteiger partial charge in [-0.25, -0.2) is 8.78 Å². The Morgan fingerprint density at radius 3 is 2.40 bits per heavy atom. The molecule has 0 bridgehead atoms. The molecule has 3 heteroatoms. The lowest BCUT2D eigenvalue weighted by molar-refractivity contribution is 0.104. The van der Waals surface area contributed by atoms with Crippen molar-refractivity contribution in [3.05, 3.63) is 76.9 Å². The van der Waals surface area contributed by atoms with Gasteiger partial charge < -0.3 is 0 Å². The van der Waals surface area contributed by atoms with E-state index in [-0.39, 0.29) is 5.56 Å². The first kappa shape index (κ1) is 14.1. The van der Waals surface area contributed by atoms with Gasteiger partial charge in [-0.15, -0.1) is 0 Å². The molecule has 0 amide bonds. The summed E-state index contributed by atoms with van der Waals surface area (Å²) in [6.45, 7) is 2.06. The van der Waals surface area contributed by atoms with E-state index < -0.39 is 17.4 Å². The van der Waals surface area contributed by atoms with E-state index in [1.54, 1.807) is 6.08 Å². The molecule has 0 aliphatic carbocycles. The maximum Gasteiger partial charge on any atom is 0.188 e. The van der Waals surface area contributed by atoms with E-state index in [2.05, 4.69) is 6.92 Å². The van der Waals surface area contributed by atoms with Crippen molar-refractivity contribution in [2.45, 2.75) is 13.3 Å². The van der Waals surface area contributed by atoms with Crippen molar-refractivity contribution in [2.24, 2.45) is 0 Å². The highest BCUT2D eigenvalue weighted by Crippen LogP contribution is 2.12. The van der Waals surface area contributed by atoms with E-state index >= 15 is 0 Å². The summed E-state index contributed by atoms with van der Waals surface area (Å²) in [5.41, 5.74) is 1.93. The summed E-state index contributed by atoms with van der Waals surface area (Å²) in [5, 5.41) is 0. The molecular formula is C17H14F2O. The van der Waals surface area contributed by atoms with Gasteiger partial charge in [0.1, 0.15) is 11.6 Å². The Balaban J connectivity index is 2.15. The van der Waals surface area contributed by atoms with Crippen molar-refractivity contribution >= 4 is 11.9 Å². The number of rotatable bonds is 4. The van der Waals surface area contributed by atoms with Crippen LogP contribution >= 0.6 is 0 Å². The minimum atomic E-state index is -0.846. The number of ketones is 1. The molecule has 0 unspecified atom stereocenters. The highest BCUT2D eigenvalue weighted by molar-refractivity contribution is 6.06. The van der Waals surface area contributed by atoms with Crippen molar-refractivity contribution in [3.63, 3.8) is 0 Å². The Bertz CT molecular complexity index is 643. The van der Waals surface area contributed by atoms with Gasteiger partial charge in [0, 0.05) is 6.07 Å². The molecule has 0 radical (unpaired) electrons. The SMILES string of the molecule is CCc1ccc(/C=C/C(=O)c2ccc(F)cc2F)cc1. The summed E-state index contributed by atoms with van der Waals surface area (Å²) in [7, 11) is 0. The molecule has 0 aliphatic rings. The van der Waals surface area contributed by atoms with Gasteiger partial charge >= 0.3 is 0 Å². The van der Waals surface area contributed by atoms with Crippen LogP contribution in [0.25, 0.3) is 6.08 Å². The number of carbonyl (C=O) groups excluding carboxylic acids is 1. The van der Waals surface area contributed by atoms with Gasteiger partial charge in [0.05, 0.1) is 5.56 Å². The fourth-order valence-electron chi connectivity index (χ4n) is 1.82. The zero-order chi connectivity index (χ0) is 14.5. The van der Waals surface area contributed by atoms with Gasteiger partial charge in [0.15, 0.2) is 5.78 Å². The number of benzene rings is 2. The first-order valence-corrected chi connectivity index (χ1v) is 6.36. The second kappa shape index (κ2) is 6.24. The predicted octanol–water partition coefficient (Wildman–Crippen LogP) is 4.42. The first-order chi connectivity index (χ1) is 9.60. The number of hydrogen-bond donors (Lipinski definition) is 0. The fraction of sp³-hybridized carbons (Fsp3) is 0.118. The van der Waals surface area contributed by atoms with E-state index in [1.165, 1.54) is 11.6 Å². The van der Waals surface area contributed by atoms with E-state index in [9.17, 15) is 13.6 Å². The number of halogens is 2. The summed E-state index contributed by atoms with van der Waals surface area (Å²) in [4.78, 5) is 11.8. The summed E-state index contributed by atoms with van der Waals surface area (Å²) >= 11 is 0. The van der Waals surface area contributed by atoms with Gasteiger partial charge in [-0.05, 0) is 35.8 Å². The minimum absolute atomic E-state index is 0.132. The van der Waals surface area contributed by atoms with Crippen molar-refractivity contribution < 1.29 is 13.6 Å². The van der Waals surface area contributed by atoms with Gasteiger partial charge in [0.25, 0.3) is 0 Å². The van der Waals surface area contributed by atoms with Crippen LogP contribution in [0.2, 0.25) is 0 Å². The highest BCUT2D eigenvalue weighted by Gasteiger charge is 2.09. The summed E-state index contributed by atoms with van der Waals surface area (Å²) in [5.74, 6) is -2.03. The molecule has 0 N–H and O–H groups in total. The van der Waals surface area contributed by atoms with Crippen LogP contribution in [0.15, 0.2) is 48.5 Å². The molecule has 0 fully saturated rings. The Morgan fingerprint density at radius 2 is 1.80 bits per heavy atom. The van der Waals surface area contributed by atoms with Crippen LogP contribution in [0.3, 0.4) is 0 Å². The van der Waals surface area contributed by atoms with E-state index in [0.29, 0.717) is 6.07 Å². The van der Waals surface area contributed by atoms with Gasteiger partial charge in [-0.1, -0.05) is 37.3 Å². The second-order valence-electron chi connectivity index (χ2n) is 4.42. The van der Waals surface area contributed by atoms with Crippen molar-refractivity contribution in [1.82, 2.24) is 0 Å². The molecule has 102 valence electrons. The molecule has 0 spiro atoms. The number of allylic oxidation sites excluding steroid dienone is 1. The average molecular weight is 272 g/mol. The molecular weight excluding hydrogens is 258 g/mol. The average Bonchev–Trinajstić information content (AvgIpc) is 2.45. The normalized spacial score (nSPS) is 10.9. The zero-order valence-corrected chi connectivity index (χ0v) is 11.1. The summed E-state index contributed by atoms with van der Waals surface area (Å²) in [6.07, 6.45) is 3.85. The van der Waals surface area contributed by atoms with Crippen LogP contribution in [0.1, 0.15) is 28.4 Å². The van der Waals surface area contributed by atoms with Crippen LogP contribution < -0.4 is 0 Å². The minimum Gasteiger partial charge on any atom is -0.289 e. The third-order valence-corrected chi connectivity index (χ3v) is 3.01. The van der Waals surface area contributed by atoms with Gasteiger partial charge in [0.2, 0.25) is 0 Å². The smallest absolute Gasteiger partial charge is 0.188 e. The van der Waals surface area contributed by atoms with Crippen LogP contribution in [0.5, 0.6) is 0 Å². The van der Waals surface area contributed by atoms with Gasteiger partial charge in [-0.2, -0.15) is 0 Å². The van der Waals surface area contributed by atoms with E-state index in [1.807, 2.05) is 24.3 Å². The van der Waals surface area contributed by atoms with Crippen molar-refractivity contribution in [1.29, 1.82) is 0 Å². The number of hydrogen-bond acceptors (Lipinski definition) is 1. The first-order valence-electron chi connectivity index (χ1n) is 6.36. The topological polar surface area (TPSA) is 17.1 Å². The monoisotopic (exact) mass is 272 g/mol. The molecule has 0 heterocycles. The molecule has 2 rings (SSSR count). The van der Waals surface area contributed by atoms with E-state index in [4.69, 9.17) is 0 Å². The quantitative estimate of drug-likeness (QED) is 0.594. The predicted molar refractivity (Wildman–Crippen MR) is 75.5 cm³/mol. The number of carbonyl (C=O) groups is 1.